The lowest BCUT2D eigenvalue weighted by molar-refractivity contribution is -0.145. The van der Waals surface area contributed by atoms with Crippen LogP contribution in [0.2, 0.25) is 5.02 Å². The number of likely N-dealkylation sites (tertiary alicyclic amines) is 1. The molecule has 0 aromatic heterocycles. The van der Waals surface area contributed by atoms with Gasteiger partial charge in [0.25, 0.3) is 0 Å². The molecule has 2 atom stereocenters. The van der Waals surface area contributed by atoms with Crippen molar-refractivity contribution < 1.29 is 14.3 Å². The summed E-state index contributed by atoms with van der Waals surface area (Å²) < 4.78 is 13.7. The summed E-state index contributed by atoms with van der Waals surface area (Å²) in [5.74, 6) is -1.28. The third kappa shape index (κ3) is 3.95. The van der Waals surface area contributed by atoms with Gasteiger partial charge in [-0.05, 0) is 57.8 Å². The van der Waals surface area contributed by atoms with Crippen LogP contribution in [-0.2, 0) is 11.2 Å². The van der Waals surface area contributed by atoms with E-state index in [1.165, 1.54) is 6.07 Å². The maximum Gasteiger partial charge on any atom is 0.308 e. The Balaban J connectivity index is 1.90. The summed E-state index contributed by atoms with van der Waals surface area (Å²) in [6.07, 6.45) is 3.00. The Morgan fingerprint density at radius 1 is 1.52 bits per heavy atom. The lowest BCUT2D eigenvalue weighted by atomic mass is 9.90. The van der Waals surface area contributed by atoms with Gasteiger partial charge in [-0.25, -0.2) is 4.39 Å². The van der Waals surface area contributed by atoms with Gasteiger partial charge in [0.2, 0.25) is 0 Å². The average molecular weight is 314 g/mol. The molecule has 0 radical (unpaired) electrons. The van der Waals surface area contributed by atoms with Gasteiger partial charge in [0.15, 0.2) is 0 Å². The quantitative estimate of drug-likeness (QED) is 0.903. The van der Waals surface area contributed by atoms with E-state index in [0.29, 0.717) is 17.0 Å². The van der Waals surface area contributed by atoms with Crippen molar-refractivity contribution in [3.8, 4) is 0 Å². The highest BCUT2D eigenvalue weighted by Crippen LogP contribution is 2.25. The Kier molecular flexibility index (Phi) is 5.59. The molecule has 5 heteroatoms. The number of piperidine rings is 1. The maximum absolute atomic E-state index is 13.7. The van der Waals surface area contributed by atoms with Crippen molar-refractivity contribution in [2.24, 2.45) is 5.92 Å². The number of rotatable bonds is 5. The normalized spacial score (nSPS) is 23.2. The third-order valence-electron chi connectivity index (χ3n) is 4.37. The summed E-state index contributed by atoms with van der Waals surface area (Å²) in [5, 5.41) is 9.67. The second kappa shape index (κ2) is 7.23. The summed E-state index contributed by atoms with van der Waals surface area (Å²) in [6, 6.07) is 4.76. The minimum absolute atomic E-state index is 0.0346. The molecule has 0 bridgehead atoms. The highest BCUT2D eigenvalue weighted by atomic mass is 35.5. The molecule has 1 aliphatic heterocycles. The van der Waals surface area contributed by atoms with Crippen LogP contribution in [-0.4, -0.2) is 35.1 Å². The van der Waals surface area contributed by atoms with Crippen LogP contribution in [0.3, 0.4) is 0 Å². The molecule has 21 heavy (non-hydrogen) atoms. The summed E-state index contributed by atoms with van der Waals surface area (Å²) in [4.78, 5) is 13.4. The Labute approximate surface area is 129 Å². The number of nitrogens with zero attached hydrogens (tertiary/aromatic N) is 1. The van der Waals surface area contributed by atoms with Gasteiger partial charge in [0.1, 0.15) is 5.82 Å². The standard InChI is InChI=1S/C16H21ClFNO2/c1-11-12(16(20)21)5-3-9-19(11)10-4-6-13-14(17)7-2-8-15(13)18/h2,7-8,11-12H,3-6,9-10H2,1H3,(H,20,21)/t11-,12-/m1/s1. The third-order valence-corrected chi connectivity index (χ3v) is 4.72. The predicted molar refractivity (Wildman–Crippen MR) is 81.1 cm³/mol. The molecular formula is C16H21ClFNO2. The molecule has 116 valence electrons. The van der Waals surface area contributed by atoms with Gasteiger partial charge < -0.3 is 5.11 Å². The van der Waals surface area contributed by atoms with E-state index in [0.717, 1.165) is 32.4 Å². The summed E-state index contributed by atoms with van der Waals surface area (Å²) in [7, 11) is 0. The smallest absolute Gasteiger partial charge is 0.308 e. The molecule has 0 amide bonds. The lowest BCUT2D eigenvalue weighted by Gasteiger charge is -2.37. The maximum atomic E-state index is 13.7. The molecular weight excluding hydrogens is 293 g/mol. The van der Waals surface area contributed by atoms with Crippen LogP contribution in [0.5, 0.6) is 0 Å². The zero-order chi connectivity index (χ0) is 15.4. The number of hydrogen-bond acceptors (Lipinski definition) is 2. The van der Waals surface area contributed by atoms with Crippen molar-refractivity contribution >= 4 is 17.6 Å². The van der Waals surface area contributed by atoms with E-state index in [9.17, 15) is 14.3 Å². The summed E-state index contributed by atoms with van der Waals surface area (Å²) in [6.45, 7) is 3.65. The number of aliphatic carboxylic acids is 1. The topological polar surface area (TPSA) is 40.5 Å². The minimum atomic E-state index is -0.718. The van der Waals surface area contributed by atoms with Gasteiger partial charge >= 0.3 is 5.97 Å². The van der Waals surface area contributed by atoms with E-state index in [4.69, 9.17) is 11.6 Å². The van der Waals surface area contributed by atoms with Crippen LogP contribution in [0.4, 0.5) is 4.39 Å². The number of carboxylic acids is 1. The number of carbonyl (C=O) groups is 1. The highest BCUT2D eigenvalue weighted by Gasteiger charge is 2.32. The first kappa shape index (κ1) is 16.2. The monoisotopic (exact) mass is 313 g/mol. The second-order valence-corrected chi connectivity index (χ2v) is 6.07. The molecule has 0 aliphatic carbocycles. The molecule has 1 saturated heterocycles. The fourth-order valence-corrected chi connectivity index (χ4v) is 3.35. The van der Waals surface area contributed by atoms with Gasteiger partial charge in [-0.1, -0.05) is 17.7 Å². The Bertz CT molecular complexity index is 489. The molecule has 1 heterocycles. The zero-order valence-electron chi connectivity index (χ0n) is 12.2. The Morgan fingerprint density at radius 2 is 2.29 bits per heavy atom. The minimum Gasteiger partial charge on any atom is -0.481 e. The Morgan fingerprint density at radius 3 is 2.95 bits per heavy atom. The van der Waals surface area contributed by atoms with E-state index in [1.807, 2.05) is 6.92 Å². The molecule has 0 unspecified atom stereocenters. The van der Waals surface area contributed by atoms with Crippen LogP contribution >= 0.6 is 11.6 Å². The fourth-order valence-electron chi connectivity index (χ4n) is 3.09. The van der Waals surface area contributed by atoms with Crippen LogP contribution in [0.15, 0.2) is 18.2 Å². The van der Waals surface area contributed by atoms with Crippen molar-refractivity contribution in [1.82, 2.24) is 4.90 Å². The van der Waals surface area contributed by atoms with Gasteiger partial charge in [0, 0.05) is 16.6 Å². The van der Waals surface area contributed by atoms with E-state index in [2.05, 4.69) is 4.90 Å². The lowest BCUT2D eigenvalue weighted by Crippen LogP contribution is -2.46. The average Bonchev–Trinajstić information content (AvgIpc) is 2.43. The molecule has 1 aliphatic rings. The van der Waals surface area contributed by atoms with Gasteiger partial charge in [-0.2, -0.15) is 0 Å². The molecule has 1 N–H and O–H groups in total. The predicted octanol–water partition coefficient (Wildman–Crippen LogP) is 3.60. The summed E-state index contributed by atoms with van der Waals surface area (Å²) in [5.41, 5.74) is 0.554. The van der Waals surface area contributed by atoms with Gasteiger partial charge in [-0.15, -0.1) is 0 Å². The van der Waals surface area contributed by atoms with Crippen molar-refractivity contribution in [2.75, 3.05) is 13.1 Å². The van der Waals surface area contributed by atoms with Crippen molar-refractivity contribution in [1.29, 1.82) is 0 Å². The van der Waals surface area contributed by atoms with E-state index < -0.39 is 5.97 Å². The SMILES string of the molecule is C[C@@H]1[C@H](C(=O)O)CCCN1CCCc1c(F)cccc1Cl. The van der Waals surface area contributed by atoms with Gasteiger partial charge in [0.05, 0.1) is 5.92 Å². The Hall–Kier alpha value is -1.13. The van der Waals surface area contributed by atoms with Gasteiger partial charge in [-0.3, -0.25) is 9.69 Å². The summed E-state index contributed by atoms with van der Waals surface area (Å²) >= 11 is 6.01. The first-order chi connectivity index (χ1) is 10.0. The molecule has 0 saturated carbocycles. The molecule has 1 aromatic rings. The number of benzene rings is 1. The molecule has 1 aromatic carbocycles. The van der Waals surface area contributed by atoms with Crippen molar-refractivity contribution in [3.63, 3.8) is 0 Å². The van der Waals surface area contributed by atoms with Crippen molar-refractivity contribution in [2.45, 2.75) is 38.6 Å². The second-order valence-electron chi connectivity index (χ2n) is 5.67. The first-order valence-electron chi connectivity index (χ1n) is 7.40. The van der Waals surface area contributed by atoms with E-state index >= 15 is 0 Å². The largest absolute Gasteiger partial charge is 0.481 e. The van der Waals surface area contributed by atoms with Crippen LogP contribution in [0, 0.1) is 11.7 Å². The fraction of sp³-hybridized carbons (Fsp3) is 0.562. The number of halogens is 2. The highest BCUT2D eigenvalue weighted by molar-refractivity contribution is 6.31. The first-order valence-corrected chi connectivity index (χ1v) is 7.78. The number of carboxylic acid groups (broad SMARTS) is 1. The molecule has 2 rings (SSSR count). The van der Waals surface area contributed by atoms with Crippen LogP contribution < -0.4 is 0 Å². The van der Waals surface area contributed by atoms with E-state index in [1.54, 1.807) is 12.1 Å². The van der Waals surface area contributed by atoms with Crippen molar-refractivity contribution in [3.05, 3.63) is 34.6 Å². The number of hydrogen-bond donors (Lipinski definition) is 1. The van der Waals surface area contributed by atoms with E-state index in [-0.39, 0.29) is 17.8 Å². The zero-order valence-corrected chi connectivity index (χ0v) is 12.9. The molecule has 0 spiro atoms. The van der Waals surface area contributed by atoms with Crippen LogP contribution in [0.25, 0.3) is 0 Å². The van der Waals surface area contributed by atoms with Crippen LogP contribution in [0.1, 0.15) is 31.7 Å². The molecule has 3 nitrogen and oxygen atoms in total. The molecule has 1 fully saturated rings.